The van der Waals surface area contributed by atoms with Gasteiger partial charge in [0.05, 0.1) is 5.56 Å². The van der Waals surface area contributed by atoms with Crippen molar-refractivity contribution in [2.75, 3.05) is 0 Å². The molecule has 1 aromatic carbocycles. The largest absolute Gasteiger partial charge is 0.306 e. The number of imidazole rings is 1. The van der Waals surface area contributed by atoms with Gasteiger partial charge in [-0.3, -0.25) is 0 Å². The molecule has 0 aliphatic rings. The minimum Gasteiger partial charge on any atom is -0.306 e. The maximum Gasteiger partial charge on any atom is 0.147 e. The molecule has 90 valence electrons. The molecule has 0 radical (unpaired) electrons. The molecule has 4 heteroatoms. The molecular weight excluding hydrogens is 234 g/mol. The van der Waals surface area contributed by atoms with Crippen LogP contribution in [0.3, 0.4) is 0 Å². The van der Waals surface area contributed by atoms with Gasteiger partial charge in [0.2, 0.25) is 0 Å². The summed E-state index contributed by atoms with van der Waals surface area (Å²) in [6, 6.07) is 6.24. The summed E-state index contributed by atoms with van der Waals surface area (Å²) in [6.45, 7) is 1.66. The summed E-state index contributed by atoms with van der Waals surface area (Å²) in [5.74, 6) is -0.884. The van der Waals surface area contributed by atoms with Gasteiger partial charge in [0, 0.05) is 24.2 Å². The maximum atomic E-state index is 14.1. The highest BCUT2D eigenvalue weighted by molar-refractivity contribution is 5.78. The molecule has 0 unspecified atom stereocenters. The van der Waals surface area contributed by atoms with Crippen LogP contribution in [0.25, 0.3) is 16.8 Å². The number of nitrogens with zero attached hydrogens (tertiary/aromatic N) is 2. The molecule has 0 bridgehead atoms. The molecule has 0 aliphatic heterocycles. The molecule has 0 saturated heterocycles. The Hall–Kier alpha value is -2.23. The molecule has 0 N–H and O–H groups in total. The Morgan fingerprint density at radius 2 is 1.94 bits per heavy atom. The predicted molar refractivity (Wildman–Crippen MR) is 65.3 cm³/mol. The minimum absolute atomic E-state index is 0.198. The molecular formula is C14H10F2N2. The van der Waals surface area contributed by atoms with Gasteiger partial charge in [-0.2, -0.15) is 0 Å². The number of rotatable bonds is 1. The van der Waals surface area contributed by atoms with E-state index in [4.69, 9.17) is 0 Å². The lowest BCUT2D eigenvalue weighted by atomic mass is 10.0. The number of hydrogen-bond donors (Lipinski definition) is 0. The average Bonchev–Trinajstić information content (AvgIpc) is 2.82. The van der Waals surface area contributed by atoms with Gasteiger partial charge in [-0.1, -0.05) is 18.2 Å². The molecule has 0 amide bonds. The second-order valence-corrected chi connectivity index (χ2v) is 4.13. The van der Waals surface area contributed by atoms with Crippen LogP contribution in [0.1, 0.15) is 5.56 Å². The number of hydrogen-bond acceptors (Lipinski definition) is 1. The standard InChI is InChI=1S/C14H10F2N2/c1-9-3-2-4-10(13(9)16)12-11(15)5-7-18-8-6-17-14(12)18/h2-8H,1H3. The van der Waals surface area contributed by atoms with Crippen molar-refractivity contribution in [1.29, 1.82) is 0 Å². The van der Waals surface area contributed by atoms with Crippen LogP contribution in [-0.2, 0) is 0 Å². The van der Waals surface area contributed by atoms with Gasteiger partial charge in [-0.05, 0) is 18.6 Å². The van der Waals surface area contributed by atoms with Crippen molar-refractivity contribution in [1.82, 2.24) is 9.38 Å². The fourth-order valence-corrected chi connectivity index (χ4v) is 2.05. The Balaban J connectivity index is 2.40. The minimum atomic E-state index is -0.474. The highest BCUT2D eigenvalue weighted by Crippen LogP contribution is 2.30. The Morgan fingerprint density at radius 3 is 2.78 bits per heavy atom. The second-order valence-electron chi connectivity index (χ2n) is 4.13. The van der Waals surface area contributed by atoms with E-state index in [2.05, 4.69) is 4.98 Å². The third-order valence-electron chi connectivity index (χ3n) is 2.97. The van der Waals surface area contributed by atoms with E-state index in [-0.39, 0.29) is 11.1 Å². The van der Waals surface area contributed by atoms with E-state index in [1.165, 1.54) is 6.07 Å². The summed E-state index contributed by atoms with van der Waals surface area (Å²) in [5, 5.41) is 0. The zero-order valence-corrected chi connectivity index (χ0v) is 9.69. The predicted octanol–water partition coefficient (Wildman–Crippen LogP) is 3.59. The van der Waals surface area contributed by atoms with Crippen molar-refractivity contribution in [3.8, 4) is 11.1 Å². The SMILES string of the molecule is Cc1cccc(-c2c(F)ccn3ccnc23)c1F. The van der Waals surface area contributed by atoms with Crippen LogP contribution in [0, 0.1) is 18.6 Å². The molecule has 2 nitrogen and oxygen atoms in total. The van der Waals surface area contributed by atoms with Gasteiger partial charge < -0.3 is 4.40 Å². The molecule has 2 aromatic heterocycles. The van der Waals surface area contributed by atoms with Gasteiger partial charge >= 0.3 is 0 Å². The first-order valence-electron chi connectivity index (χ1n) is 5.55. The van der Waals surface area contributed by atoms with E-state index in [1.54, 1.807) is 48.1 Å². The van der Waals surface area contributed by atoms with E-state index < -0.39 is 11.6 Å². The van der Waals surface area contributed by atoms with Crippen LogP contribution in [0.2, 0.25) is 0 Å². The Morgan fingerprint density at radius 1 is 1.11 bits per heavy atom. The smallest absolute Gasteiger partial charge is 0.147 e. The number of halogens is 2. The Labute approximate surface area is 103 Å². The first-order chi connectivity index (χ1) is 8.68. The molecule has 3 aromatic rings. The zero-order valence-electron chi connectivity index (χ0n) is 9.69. The lowest BCUT2D eigenvalue weighted by Crippen LogP contribution is -1.96. The van der Waals surface area contributed by atoms with Crippen LogP contribution in [0.5, 0.6) is 0 Å². The van der Waals surface area contributed by atoms with E-state index in [9.17, 15) is 8.78 Å². The highest BCUT2D eigenvalue weighted by atomic mass is 19.1. The van der Waals surface area contributed by atoms with Gasteiger partial charge in [0.1, 0.15) is 17.3 Å². The van der Waals surface area contributed by atoms with Crippen LogP contribution < -0.4 is 0 Å². The van der Waals surface area contributed by atoms with Crippen molar-refractivity contribution in [3.05, 3.63) is 60.1 Å². The average molecular weight is 244 g/mol. The van der Waals surface area contributed by atoms with Gasteiger partial charge in [0.15, 0.2) is 0 Å². The lowest BCUT2D eigenvalue weighted by Gasteiger charge is -2.08. The molecule has 2 heterocycles. The van der Waals surface area contributed by atoms with Crippen molar-refractivity contribution in [2.45, 2.75) is 6.92 Å². The topological polar surface area (TPSA) is 17.3 Å². The third kappa shape index (κ3) is 1.49. The van der Waals surface area contributed by atoms with E-state index >= 15 is 0 Å². The summed E-state index contributed by atoms with van der Waals surface area (Å²) in [5.41, 5.74) is 1.34. The summed E-state index contributed by atoms with van der Waals surface area (Å²) >= 11 is 0. The molecule has 18 heavy (non-hydrogen) atoms. The van der Waals surface area contributed by atoms with Crippen LogP contribution in [0.4, 0.5) is 8.78 Å². The zero-order chi connectivity index (χ0) is 12.7. The monoisotopic (exact) mass is 244 g/mol. The number of aryl methyl sites for hydroxylation is 1. The summed E-state index contributed by atoms with van der Waals surface area (Å²) in [4.78, 5) is 4.08. The summed E-state index contributed by atoms with van der Waals surface area (Å²) in [7, 11) is 0. The van der Waals surface area contributed by atoms with Crippen molar-refractivity contribution >= 4 is 5.65 Å². The molecule has 0 saturated carbocycles. The first kappa shape index (κ1) is 10.9. The van der Waals surface area contributed by atoms with Crippen molar-refractivity contribution < 1.29 is 8.78 Å². The first-order valence-corrected chi connectivity index (χ1v) is 5.55. The van der Waals surface area contributed by atoms with Crippen LogP contribution in [0.15, 0.2) is 42.9 Å². The third-order valence-corrected chi connectivity index (χ3v) is 2.97. The molecule has 0 spiro atoms. The van der Waals surface area contributed by atoms with Crippen LogP contribution in [-0.4, -0.2) is 9.38 Å². The molecule has 0 atom stereocenters. The van der Waals surface area contributed by atoms with Crippen molar-refractivity contribution in [2.24, 2.45) is 0 Å². The summed E-state index contributed by atoms with van der Waals surface area (Å²) < 4.78 is 29.7. The Kier molecular flexibility index (Phi) is 2.37. The fourth-order valence-electron chi connectivity index (χ4n) is 2.05. The number of fused-ring (bicyclic) bond motifs is 1. The lowest BCUT2D eigenvalue weighted by molar-refractivity contribution is 0.610. The van der Waals surface area contributed by atoms with E-state index in [1.807, 2.05) is 0 Å². The molecule has 3 rings (SSSR count). The second kappa shape index (κ2) is 3.91. The summed E-state index contributed by atoms with van der Waals surface area (Å²) in [6.07, 6.45) is 4.83. The Bertz CT molecular complexity index is 732. The van der Waals surface area contributed by atoms with E-state index in [0.717, 1.165) is 0 Å². The van der Waals surface area contributed by atoms with Gasteiger partial charge in [-0.25, -0.2) is 13.8 Å². The number of benzene rings is 1. The normalized spacial score (nSPS) is 11.1. The highest BCUT2D eigenvalue weighted by Gasteiger charge is 2.16. The van der Waals surface area contributed by atoms with E-state index in [0.29, 0.717) is 11.2 Å². The number of aromatic nitrogens is 2. The number of pyridine rings is 1. The fraction of sp³-hybridized carbons (Fsp3) is 0.0714. The van der Waals surface area contributed by atoms with Gasteiger partial charge in [-0.15, -0.1) is 0 Å². The maximum absolute atomic E-state index is 14.1. The molecule has 0 fully saturated rings. The quantitative estimate of drug-likeness (QED) is 0.639. The van der Waals surface area contributed by atoms with Crippen LogP contribution >= 0.6 is 0 Å². The van der Waals surface area contributed by atoms with Gasteiger partial charge in [0.25, 0.3) is 0 Å². The van der Waals surface area contributed by atoms with Crippen molar-refractivity contribution in [3.63, 3.8) is 0 Å². The molecule has 0 aliphatic carbocycles.